The lowest BCUT2D eigenvalue weighted by molar-refractivity contribution is -0.152. The molecule has 2 fully saturated rings. The van der Waals surface area contributed by atoms with Crippen LogP contribution in [-0.2, 0) is 9.59 Å². The Kier molecular flexibility index (Phi) is 3.73. The Morgan fingerprint density at radius 3 is 2.50 bits per heavy atom. The molecule has 2 aliphatic rings. The lowest BCUT2D eigenvalue weighted by Crippen LogP contribution is -2.27. The molecule has 0 aliphatic heterocycles. The summed E-state index contributed by atoms with van der Waals surface area (Å²) in [6.45, 7) is 1.47. The number of allylic oxidation sites excluding steroid dienone is 2. The maximum absolute atomic E-state index is 11.1. The molecular weight excluding hydrogens is 232 g/mol. The molecule has 0 aromatic carbocycles. The molecule has 18 heavy (non-hydrogen) atoms. The van der Waals surface area contributed by atoms with Crippen molar-refractivity contribution >= 4 is 11.9 Å². The molecule has 4 nitrogen and oxygen atoms in total. The number of fused-ring (bicyclic) bond motifs is 2. The first kappa shape index (κ1) is 13.1. The molecule has 2 saturated carbocycles. The molecule has 2 bridgehead atoms. The summed E-state index contributed by atoms with van der Waals surface area (Å²) in [6.07, 6.45) is 7.22. The number of carboxylic acid groups (broad SMARTS) is 2. The van der Waals surface area contributed by atoms with Crippen LogP contribution >= 0.6 is 0 Å². The van der Waals surface area contributed by atoms with Crippen LogP contribution in [0.1, 0.15) is 39.0 Å². The van der Waals surface area contributed by atoms with E-state index < -0.39 is 23.8 Å². The van der Waals surface area contributed by atoms with Crippen LogP contribution in [0.4, 0.5) is 0 Å². The van der Waals surface area contributed by atoms with Gasteiger partial charge in [0.1, 0.15) is 0 Å². The van der Waals surface area contributed by atoms with Gasteiger partial charge in [-0.3, -0.25) is 9.59 Å². The highest BCUT2D eigenvalue weighted by atomic mass is 16.4. The number of hydrogen-bond acceptors (Lipinski definition) is 2. The van der Waals surface area contributed by atoms with Gasteiger partial charge in [-0.15, -0.1) is 0 Å². The SMILES string of the molecule is CC(C(=O)O)C(CC=C1CC2CCC1C2)C(=O)O. The molecule has 0 spiro atoms. The zero-order valence-electron chi connectivity index (χ0n) is 10.6. The van der Waals surface area contributed by atoms with Gasteiger partial charge in [-0.2, -0.15) is 0 Å². The first-order valence-corrected chi connectivity index (χ1v) is 6.63. The zero-order valence-corrected chi connectivity index (χ0v) is 10.6. The minimum absolute atomic E-state index is 0.349. The molecule has 0 saturated heterocycles. The van der Waals surface area contributed by atoms with Crippen LogP contribution in [0.3, 0.4) is 0 Å². The van der Waals surface area contributed by atoms with E-state index in [0.717, 1.165) is 12.3 Å². The highest BCUT2D eigenvalue weighted by Crippen LogP contribution is 2.48. The van der Waals surface area contributed by atoms with Gasteiger partial charge in [0.05, 0.1) is 11.8 Å². The van der Waals surface area contributed by atoms with E-state index in [9.17, 15) is 9.59 Å². The second-order valence-electron chi connectivity index (χ2n) is 5.67. The Morgan fingerprint density at radius 1 is 1.33 bits per heavy atom. The number of carbonyl (C=O) groups is 2. The first-order valence-electron chi connectivity index (χ1n) is 6.63. The van der Waals surface area contributed by atoms with E-state index in [1.165, 1.54) is 31.8 Å². The minimum Gasteiger partial charge on any atom is -0.481 e. The van der Waals surface area contributed by atoms with Gasteiger partial charge in [0.2, 0.25) is 0 Å². The number of rotatable bonds is 5. The molecule has 4 atom stereocenters. The van der Waals surface area contributed by atoms with Crippen molar-refractivity contribution in [1.82, 2.24) is 0 Å². The van der Waals surface area contributed by atoms with E-state index in [-0.39, 0.29) is 0 Å². The van der Waals surface area contributed by atoms with Crippen LogP contribution < -0.4 is 0 Å². The summed E-state index contributed by atoms with van der Waals surface area (Å²) in [4.78, 5) is 22.0. The largest absolute Gasteiger partial charge is 0.481 e. The van der Waals surface area contributed by atoms with E-state index in [0.29, 0.717) is 12.3 Å². The van der Waals surface area contributed by atoms with Gasteiger partial charge < -0.3 is 10.2 Å². The van der Waals surface area contributed by atoms with E-state index in [1.54, 1.807) is 0 Å². The molecule has 0 heterocycles. The van der Waals surface area contributed by atoms with Crippen molar-refractivity contribution in [2.45, 2.75) is 39.0 Å². The van der Waals surface area contributed by atoms with Crippen LogP contribution in [0.15, 0.2) is 11.6 Å². The van der Waals surface area contributed by atoms with Crippen molar-refractivity contribution in [2.75, 3.05) is 0 Å². The summed E-state index contributed by atoms with van der Waals surface area (Å²) in [5.74, 6) is -2.25. The second-order valence-corrected chi connectivity index (χ2v) is 5.67. The molecule has 2 N–H and O–H groups in total. The summed E-state index contributed by atoms with van der Waals surface area (Å²) in [5.41, 5.74) is 1.37. The van der Waals surface area contributed by atoms with E-state index in [4.69, 9.17) is 10.2 Å². The Hall–Kier alpha value is -1.32. The third-order valence-electron chi connectivity index (χ3n) is 4.53. The molecule has 100 valence electrons. The van der Waals surface area contributed by atoms with Crippen LogP contribution in [0.5, 0.6) is 0 Å². The topological polar surface area (TPSA) is 74.6 Å². The van der Waals surface area contributed by atoms with Crippen LogP contribution in [-0.4, -0.2) is 22.2 Å². The minimum atomic E-state index is -1.03. The lowest BCUT2D eigenvalue weighted by Gasteiger charge is -2.17. The average molecular weight is 252 g/mol. The van der Waals surface area contributed by atoms with Gasteiger partial charge >= 0.3 is 11.9 Å². The summed E-state index contributed by atoms with van der Waals surface area (Å²) in [5, 5.41) is 18.0. The number of hydrogen-bond donors (Lipinski definition) is 2. The summed E-state index contributed by atoms with van der Waals surface area (Å²) < 4.78 is 0. The molecule has 4 unspecified atom stereocenters. The molecule has 0 aromatic rings. The Balaban J connectivity index is 2.00. The molecule has 4 heteroatoms. The van der Waals surface area contributed by atoms with E-state index >= 15 is 0 Å². The number of carboxylic acids is 2. The van der Waals surface area contributed by atoms with Crippen molar-refractivity contribution in [3.63, 3.8) is 0 Å². The molecule has 0 aromatic heterocycles. The Morgan fingerprint density at radius 2 is 2.06 bits per heavy atom. The first-order chi connectivity index (χ1) is 8.49. The standard InChI is InChI=1S/C14H20O4/c1-8(13(15)16)12(14(17)18)5-4-11-7-9-2-3-10(11)6-9/h4,8-10,12H,2-3,5-7H2,1H3,(H,15,16)(H,17,18). The zero-order chi connectivity index (χ0) is 13.3. The van der Waals surface area contributed by atoms with Gasteiger partial charge in [0.25, 0.3) is 0 Å². The van der Waals surface area contributed by atoms with Crippen molar-refractivity contribution in [1.29, 1.82) is 0 Å². The quantitative estimate of drug-likeness (QED) is 0.737. The van der Waals surface area contributed by atoms with Crippen molar-refractivity contribution in [3.05, 3.63) is 11.6 Å². The van der Waals surface area contributed by atoms with Gasteiger partial charge in [-0.25, -0.2) is 0 Å². The second kappa shape index (κ2) is 5.12. The van der Waals surface area contributed by atoms with Crippen molar-refractivity contribution in [2.24, 2.45) is 23.7 Å². The van der Waals surface area contributed by atoms with Crippen LogP contribution in [0.25, 0.3) is 0 Å². The molecular formula is C14H20O4. The third kappa shape index (κ3) is 2.57. The maximum atomic E-state index is 11.1. The van der Waals surface area contributed by atoms with Crippen LogP contribution in [0, 0.1) is 23.7 Å². The third-order valence-corrected chi connectivity index (χ3v) is 4.53. The average Bonchev–Trinajstić information content (AvgIpc) is 2.90. The fraction of sp³-hybridized carbons (Fsp3) is 0.714. The smallest absolute Gasteiger partial charge is 0.307 e. The molecule has 0 radical (unpaired) electrons. The van der Waals surface area contributed by atoms with E-state index in [2.05, 4.69) is 0 Å². The fourth-order valence-corrected chi connectivity index (χ4v) is 3.32. The highest BCUT2D eigenvalue weighted by molar-refractivity contribution is 5.79. The van der Waals surface area contributed by atoms with Gasteiger partial charge in [0, 0.05) is 0 Å². The van der Waals surface area contributed by atoms with E-state index in [1.807, 2.05) is 6.08 Å². The molecule has 2 aliphatic carbocycles. The van der Waals surface area contributed by atoms with Gasteiger partial charge in [-0.05, 0) is 43.9 Å². The molecule has 0 amide bonds. The van der Waals surface area contributed by atoms with Crippen molar-refractivity contribution < 1.29 is 19.8 Å². The van der Waals surface area contributed by atoms with Crippen molar-refractivity contribution in [3.8, 4) is 0 Å². The highest BCUT2D eigenvalue weighted by Gasteiger charge is 2.36. The molecule has 2 rings (SSSR count). The maximum Gasteiger partial charge on any atom is 0.307 e. The van der Waals surface area contributed by atoms with Crippen LogP contribution in [0.2, 0.25) is 0 Å². The Labute approximate surface area is 107 Å². The van der Waals surface area contributed by atoms with Gasteiger partial charge in [-0.1, -0.05) is 18.6 Å². The lowest BCUT2D eigenvalue weighted by atomic mass is 9.87. The summed E-state index contributed by atoms with van der Waals surface area (Å²) in [6, 6.07) is 0. The van der Waals surface area contributed by atoms with Gasteiger partial charge in [0.15, 0.2) is 0 Å². The number of aliphatic carboxylic acids is 2. The Bertz CT molecular complexity index is 385. The fourth-order valence-electron chi connectivity index (χ4n) is 3.32. The summed E-state index contributed by atoms with van der Waals surface area (Å²) >= 11 is 0. The predicted molar refractivity (Wildman–Crippen MR) is 66.1 cm³/mol. The predicted octanol–water partition coefficient (Wildman–Crippen LogP) is 2.54. The monoisotopic (exact) mass is 252 g/mol. The summed E-state index contributed by atoms with van der Waals surface area (Å²) in [7, 11) is 0. The normalized spacial score (nSPS) is 31.5.